The van der Waals surface area contributed by atoms with Gasteiger partial charge in [-0.15, -0.1) is 0 Å². The highest BCUT2D eigenvalue weighted by Crippen LogP contribution is 2.40. The second-order valence-corrected chi connectivity index (χ2v) is 5.17. The van der Waals surface area contributed by atoms with Gasteiger partial charge in [0, 0.05) is 0 Å². The van der Waals surface area contributed by atoms with Crippen LogP contribution in [0.15, 0.2) is 24.3 Å². The number of allylic oxidation sites excluding steroid dienone is 3. The van der Waals surface area contributed by atoms with Crippen LogP contribution in [0.4, 0.5) is 0 Å². The molecule has 19 heavy (non-hydrogen) atoms. The molecule has 0 bridgehead atoms. The Labute approximate surface area is 113 Å². The summed E-state index contributed by atoms with van der Waals surface area (Å²) in [5.41, 5.74) is -0.393. The molecule has 0 amide bonds. The van der Waals surface area contributed by atoms with E-state index in [-0.39, 0.29) is 6.42 Å². The molecule has 1 saturated heterocycles. The van der Waals surface area contributed by atoms with Crippen molar-refractivity contribution in [3.8, 4) is 0 Å². The normalized spacial score (nSPS) is 27.2. The zero-order valence-electron chi connectivity index (χ0n) is 11.3. The molecule has 1 fully saturated rings. The lowest BCUT2D eigenvalue weighted by atomic mass is 9.76. The Balaban J connectivity index is 2.12. The van der Waals surface area contributed by atoms with Gasteiger partial charge in [0.1, 0.15) is 6.42 Å². The van der Waals surface area contributed by atoms with Crippen molar-refractivity contribution in [3.63, 3.8) is 0 Å². The van der Waals surface area contributed by atoms with Gasteiger partial charge in [-0.05, 0) is 12.8 Å². The molecule has 4 nitrogen and oxygen atoms in total. The van der Waals surface area contributed by atoms with E-state index in [1.54, 1.807) is 0 Å². The van der Waals surface area contributed by atoms with Gasteiger partial charge in [0.05, 0.1) is 5.41 Å². The first kappa shape index (κ1) is 13.8. The van der Waals surface area contributed by atoms with Crippen LogP contribution in [0.2, 0.25) is 0 Å². The largest absolute Gasteiger partial charge is 0.424 e. The van der Waals surface area contributed by atoms with E-state index < -0.39 is 23.6 Å². The van der Waals surface area contributed by atoms with Crippen LogP contribution in [0.25, 0.3) is 0 Å². The average Bonchev–Trinajstić information content (AvgIpc) is 2.39. The van der Waals surface area contributed by atoms with Gasteiger partial charge in [-0.1, -0.05) is 50.5 Å². The molecule has 0 spiro atoms. The second-order valence-electron chi connectivity index (χ2n) is 5.17. The van der Waals surface area contributed by atoms with Crippen molar-refractivity contribution in [3.05, 3.63) is 24.3 Å². The Morgan fingerprint density at radius 3 is 2.53 bits per heavy atom. The first-order valence-corrected chi connectivity index (χ1v) is 6.89. The van der Waals surface area contributed by atoms with Gasteiger partial charge in [-0.2, -0.15) is 0 Å². The van der Waals surface area contributed by atoms with Crippen molar-refractivity contribution < 1.29 is 19.1 Å². The Bertz CT molecular complexity index is 394. The Morgan fingerprint density at radius 2 is 1.95 bits per heavy atom. The number of cyclic esters (lactones) is 2. The maximum absolute atomic E-state index is 11.4. The molecule has 4 heteroatoms. The number of carbonyl (C=O) groups is 2. The highest BCUT2D eigenvalue weighted by atomic mass is 16.7. The van der Waals surface area contributed by atoms with E-state index in [0.717, 1.165) is 32.1 Å². The molecule has 0 aromatic heterocycles. The monoisotopic (exact) mass is 264 g/mol. The molecule has 2 rings (SSSR count). The van der Waals surface area contributed by atoms with Crippen LogP contribution in [0, 0.1) is 5.41 Å². The zero-order chi connectivity index (χ0) is 13.7. The molecule has 0 radical (unpaired) electrons. The van der Waals surface area contributed by atoms with E-state index in [0.29, 0.717) is 0 Å². The summed E-state index contributed by atoms with van der Waals surface area (Å²) >= 11 is 0. The van der Waals surface area contributed by atoms with Crippen LogP contribution in [0.3, 0.4) is 0 Å². The average molecular weight is 264 g/mol. The number of unbranched alkanes of at least 4 members (excludes halogenated alkanes) is 2. The molecule has 1 unspecified atom stereocenters. The van der Waals surface area contributed by atoms with E-state index in [4.69, 9.17) is 9.47 Å². The topological polar surface area (TPSA) is 52.6 Å². The fraction of sp³-hybridized carbons (Fsp3) is 0.600. The number of carbonyl (C=O) groups excluding carboxylic acids is 2. The first-order chi connectivity index (χ1) is 9.16. The van der Waals surface area contributed by atoms with E-state index in [2.05, 4.69) is 6.92 Å². The second kappa shape index (κ2) is 6.04. The minimum atomic E-state index is -0.778. The molecular formula is C15H20O4. The summed E-state index contributed by atoms with van der Waals surface area (Å²) in [5.74, 6) is -0.974. The molecule has 0 aromatic rings. The molecule has 0 aromatic carbocycles. The van der Waals surface area contributed by atoms with Crippen molar-refractivity contribution >= 4 is 11.9 Å². The molecule has 1 aliphatic heterocycles. The fourth-order valence-electron chi connectivity index (χ4n) is 2.56. The van der Waals surface area contributed by atoms with Gasteiger partial charge in [0.25, 0.3) is 6.29 Å². The smallest absolute Gasteiger partial charge is 0.320 e. The van der Waals surface area contributed by atoms with Crippen molar-refractivity contribution in [2.45, 2.75) is 51.7 Å². The molecule has 104 valence electrons. The van der Waals surface area contributed by atoms with Crippen molar-refractivity contribution in [2.75, 3.05) is 0 Å². The van der Waals surface area contributed by atoms with Crippen molar-refractivity contribution in [2.24, 2.45) is 5.41 Å². The summed E-state index contributed by atoms with van der Waals surface area (Å²) in [5, 5.41) is 0. The predicted molar refractivity (Wildman–Crippen MR) is 70.1 cm³/mol. The third-order valence-corrected chi connectivity index (χ3v) is 3.65. The van der Waals surface area contributed by atoms with Crippen molar-refractivity contribution in [1.29, 1.82) is 0 Å². The summed E-state index contributed by atoms with van der Waals surface area (Å²) in [4.78, 5) is 22.9. The van der Waals surface area contributed by atoms with Crippen LogP contribution >= 0.6 is 0 Å². The molecule has 1 heterocycles. The fourth-order valence-corrected chi connectivity index (χ4v) is 2.56. The highest BCUT2D eigenvalue weighted by molar-refractivity contribution is 5.92. The molecule has 1 aliphatic carbocycles. The third kappa shape index (κ3) is 3.25. The molecule has 0 N–H and O–H groups in total. The van der Waals surface area contributed by atoms with Crippen LogP contribution in [-0.4, -0.2) is 18.2 Å². The van der Waals surface area contributed by atoms with Gasteiger partial charge in [0.2, 0.25) is 0 Å². The minimum Gasteiger partial charge on any atom is -0.424 e. The number of esters is 2. The number of ether oxygens (including phenoxy) is 2. The number of rotatable bonds is 5. The lowest BCUT2D eigenvalue weighted by Crippen LogP contribution is -2.44. The Hall–Kier alpha value is -1.58. The molecule has 0 saturated carbocycles. The van der Waals surface area contributed by atoms with Gasteiger partial charge in [-0.3, -0.25) is 9.59 Å². The number of hydrogen-bond acceptors (Lipinski definition) is 4. The zero-order valence-corrected chi connectivity index (χ0v) is 11.3. The highest BCUT2D eigenvalue weighted by Gasteiger charge is 2.44. The van der Waals surface area contributed by atoms with Gasteiger partial charge < -0.3 is 9.47 Å². The lowest BCUT2D eigenvalue weighted by molar-refractivity contribution is -0.222. The molecule has 1 atom stereocenters. The van der Waals surface area contributed by atoms with Crippen molar-refractivity contribution in [1.82, 2.24) is 0 Å². The first-order valence-electron chi connectivity index (χ1n) is 6.89. The maximum Gasteiger partial charge on any atom is 0.320 e. The Morgan fingerprint density at radius 1 is 1.21 bits per heavy atom. The summed E-state index contributed by atoms with van der Waals surface area (Å²) in [6, 6.07) is 0. The third-order valence-electron chi connectivity index (χ3n) is 3.65. The van der Waals surface area contributed by atoms with Crippen LogP contribution in [0.5, 0.6) is 0 Å². The molecule has 2 aliphatic rings. The van der Waals surface area contributed by atoms with Gasteiger partial charge in [-0.25, -0.2) is 0 Å². The lowest BCUT2D eigenvalue weighted by Gasteiger charge is -2.39. The van der Waals surface area contributed by atoms with Crippen LogP contribution in [0.1, 0.15) is 45.4 Å². The molecular weight excluding hydrogens is 244 g/mol. The van der Waals surface area contributed by atoms with E-state index in [1.165, 1.54) is 0 Å². The quantitative estimate of drug-likeness (QED) is 0.435. The minimum absolute atomic E-state index is 0.277. The van der Waals surface area contributed by atoms with E-state index in [9.17, 15) is 9.59 Å². The maximum atomic E-state index is 11.4. The standard InChI is InChI=1S/C15H20O4/c1-2-3-5-8-15(9-6-4-7-10-15)14-18-12(16)11-13(17)19-14/h4,6-7,9,14H,2-3,5,8,10-11H2,1H3. The van der Waals surface area contributed by atoms with Crippen LogP contribution < -0.4 is 0 Å². The summed E-state index contributed by atoms with van der Waals surface area (Å²) in [6.07, 6.45) is 11.7. The van der Waals surface area contributed by atoms with Gasteiger partial charge in [0.15, 0.2) is 0 Å². The summed E-state index contributed by atoms with van der Waals surface area (Å²) in [6.45, 7) is 2.14. The predicted octanol–water partition coefficient (Wildman–Crippen LogP) is 2.89. The number of hydrogen-bond donors (Lipinski definition) is 0. The Kier molecular flexibility index (Phi) is 4.40. The van der Waals surface area contributed by atoms with E-state index in [1.807, 2.05) is 24.3 Å². The summed E-state index contributed by atoms with van der Waals surface area (Å²) < 4.78 is 10.5. The SMILES string of the molecule is CCCCCC1(C2OC(=O)CC(=O)O2)C=CC=CC1. The van der Waals surface area contributed by atoms with Gasteiger partial charge >= 0.3 is 11.9 Å². The summed E-state index contributed by atoms with van der Waals surface area (Å²) in [7, 11) is 0. The van der Waals surface area contributed by atoms with Crippen LogP contribution in [-0.2, 0) is 19.1 Å². The van der Waals surface area contributed by atoms with E-state index >= 15 is 0 Å².